The molecule has 25 heavy (non-hydrogen) atoms. The van der Waals surface area contributed by atoms with Crippen molar-refractivity contribution in [1.29, 1.82) is 0 Å². The van der Waals surface area contributed by atoms with E-state index in [2.05, 4.69) is 55.9 Å². The van der Waals surface area contributed by atoms with Gasteiger partial charge in [0.25, 0.3) is 0 Å². The molecule has 0 aromatic carbocycles. The summed E-state index contributed by atoms with van der Waals surface area (Å²) in [6.07, 6.45) is 26.3. The smallest absolute Gasteiger partial charge is 0.0537 e. The number of nitrogens with zero attached hydrogens (tertiary/aromatic N) is 1. The van der Waals surface area contributed by atoms with Crippen LogP contribution in [0.15, 0.2) is 36.2 Å². The predicted molar refractivity (Wildman–Crippen MR) is 113 cm³/mol. The Kier molecular flexibility index (Phi) is 13.5. The third kappa shape index (κ3) is 10.6. The molecule has 1 unspecified atom stereocenters. The Hall–Kier alpha value is -0.980. The fourth-order valence-corrected chi connectivity index (χ4v) is 3.68. The van der Waals surface area contributed by atoms with Gasteiger partial charge in [-0.25, -0.2) is 0 Å². The average molecular weight is 346 g/mol. The number of hydrogen-bond acceptors (Lipinski definition) is 0. The van der Waals surface area contributed by atoms with Gasteiger partial charge in [0, 0.05) is 12.4 Å². The van der Waals surface area contributed by atoms with Crippen molar-refractivity contribution in [2.75, 3.05) is 0 Å². The van der Waals surface area contributed by atoms with E-state index >= 15 is 0 Å². The zero-order valence-electron chi connectivity index (χ0n) is 17.3. The summed E-state index contributed by atoms with van der Waals surface area (Å²) in [5, 5.41) is 0. The van der Waals surface area contributed by atoms with Gasteiger partial charge in [0.2, 0.25) is 0 Å². The topological polar surface area (TPSA) is 4.93 Å². The minimum absolute atomic E-state index is 0.570. The number of hydrogen-bond donors (Lipinski definition) is 0. The Morgan fingerprint density at radius 2 is 1.28 bits per heavy atom. The van der Waals surface area contributed by atoms with E-state index in [4.69, 9.17) is 0 Å². The molecule has 0 N–H and O–H groups in total. The molecule has 1 aromatic heterocycles. The van der Waals surface area contributed by atoms with Crippen LogP contribution in [0.5, 0.6) is 0 Å². The highest BCUT2D eigenvalue weighted by molar-refractivity contribution is 5.09. The second kappa shape index (κ2) is 15.3. The fourth-order valence-electron chi connectivity index (χ4n) is 3.68. The summed E-state index contributed by atoms with van der Waals surface area (Å²) in [6.45, 7) is 6.87. The maximum atomic E-state index is 2.45. The largest absolute Gasteiger partial charge is 0.347 e. The number of aromatic nitrogens is 1. The summed E-state index contributed by atoms with van der Waals surface area (Å²) < 4.78 is 2.40. The molecule has 144 valence electrons. The van der Waals surface area contributed by atoms with Gasteiger partial charge in [-0.15, -0.1) is 0 Å². The van der Waals surface area contributed by atoms with Crippen molar-refractivity contribution in [2.45, 2.75) is 117 Å². The van der Waals surface area contributed by atoms with Crippen molar-refractivity contribution in [3.8, 4) is 0 Å². The molecule has 1 rings (SSSR count). The molecule has 1 heterocycles. The van der Waals surface area contributed by atoms with Gasteiger partial charge in [-0.2, -0.15) is 0 Å². The quantitative estimate of drug-likeness (QED) is 0.209. The van der Waals surface area contributed by atoms with E-state index < -0.39 is 0 Å². The van der Waals surface area contributed by atoms with Crippen LogP contribution in [0.25, 0.3) is 0 Å². The van der Waals surface area contributed by atoms with Crippen LogP contribution in [-0.4, -0.2) is 4.57 Å². The monoisotopic (exact) mass is 345 g/mol. The summed E-state index contributed by atoms with van der Waals surface area (Å²) in [5.74, 6) is 0. The van der Waals surface area contributed by atoms with Crippen LogP contribution in [-0.2, 0) is 0 Å². The minimum atomic E-state index is 0.570. The molecule has 0 aliphatic carbocycles. The minimum Gasteiger partial charge on any atom is -0.347 e. The van der Waals surface area contributed by atoms with Crippen molar-refractivity contribution < 1.29 is 0 Å². The van der Waals surface area contributed by atoms with Gasteiger partial charge in [0.05, 0.1) is 6.04 Å². The molecule has 0 amide bonds. The fraction of sp³-hybridized carbons (Fsp3) is 0.750. The van der Waals surface area contributed by atoms with E-state index in [1.807, 2.05) is 0 Å². The molecule has 1 nitrogen and oxygen atoms in total. The average Bonchev–Trinajstić information content (AvgIpc) is 3.15. The van der Waals surface area contributed by atoms with Crippen LogP contribution in [0.4, 0.5) is 0 Å². The molecule has 0 radical (unpaired) electrons. The Bertz CT molecular complexity index is 415. The summed E-state index contributed by atoms with van der Waals surface area (Å²) in [7, 11) is 0. The van der Waals surface area contributed by atoms with Gasteiger partial charge in [0.15, 0.2) is 0 Å². The zero-order valence-corrected chi connectivity index (χ0v) is 17.3. The van der Waals surface area contributed by atoms with Crippen molar-refractivity contribution in [2.24, 2.45) is 0 Å². The molecule has 0 spiro atoms. The molecule has 1 atom stereocenters. The summed E-state index contributed by atoms with van der Waals surface area (Å²) in [4.78, 5) is 0. The second-order valence-corrected chi connectivity index (χ2v) is 7.71. The molecule has 0 aliphatic heterocycles. The van der Waals surface area contributed by atoms with Crippen molar-refractivity contribution in [3.63, 3.8) is 0 Å². The molecule has 0 saturated heterocycles. The number of allylic oxidation sites excluding steroid dienone is 2. The Morgan fingerprint density at radius 3 is 1.80 bits per heavy atom. The number of unbranched alkanes of at least 4 members (excludes halogenated alkanes) is 11. The molecule has 1 heteroatoms. The van der Waals surface area contributed by atoms with E-state index in [0.717, 1.165) is 0 Å². The van der Waals surface area contributed by atoms with Gasteiger partial charge in [0.1, 0.15) is 0 Å². The number of rotatable bonds is 16. The lowest BCUT2D eigenvalue weighted by atomic mass is 9.99. The lowest BCUT2D eigenvalue weighted by molar-refractivity contribution is 0.481. The van der Waals surface area contributed by atoms with Gasteiger partial charge in [-0.3, -0.25) is 0 Å². The standard InChI is InChI=1S/C24H43N/c1-4-6-8-9-10-11-12-13-14-15-16-20-24(23(3)19-7-5-2)25-21-17-18-22-25/h17-19,21-22,24H,4-16,20H2,1-3H3. The predicted octanol–water partition coefficient (Wildman–Crippen LogP) is 8.48. The normalized spacial score (nSPS) is 13.3. The maximum absolute atomic E-state index is 2.45. The van der Waals surface area contributed by atoms with Crippen LogP contribution < -0.4 is 0 Å². The molecule has 0 bridgehead atoms. The van der Waals surface area contributed by atoms with Gasteiger partial charge < -0.3 is 4.57 Å². The highest BCUT2D eigenvalue weighted by Crippen LogP contribution is 2.25. The van der Waals surface area contributed by atoms with Crippen LogP contribution in [0.2, 0.25) is 0 Å². The Labute approximate surface area is 157 Å². The van der Waals surface area contributed by atoms with E-state index in [0.29, 0.717) is 6.04 Å². The van der Waals surface area contributed by atoms with Gasteiger partial charge in [-0.1, -0.05) is 103 Å². The molecule has 0 fully saturated rings. The molecule has 0 aliphatic rings. The van der Waals surface area contributed by atoms with Crippen molar-refractivity contribution >= 4 is 0 Å². The first kappa shape index (κ1) is 22.1. The first-order valence-electron chi connectivity index (χ1n) is 11.1. The third-order valence-corrected chi connectivity index (χ3v) is 5.35. The lowest BCUT2D eigenvalue weighted by Gasteiger charge is -2.20. The third-order valence-electron chi connectivity index (χ3n) is 5.35. The molecule has 1 aromatic rings. The van der Waals surface area contributed by atoms with Gasteiger partial charge in [-0.05, 0) is 31.9 Å². The van der Waals surface area contributed by atoms with Crippen molar-refractivity contribution in [1.82, 2.24) is 4.57 Å². The van der Waals surface area contributed by atoms with E-state index in [1.165, 1.54) is 89.9 Å². The molecular formula is C24H43N. The highest BCUT2D eigenvalue weighted by Gasteiger charge is 2.11. The first-order valence-corrected chi connectivity index (χ1v) is 11.1. The molecule has 0 saturated carbocycles. The lowest BCUT2D eigenvalue weighted by Crippen LogP contribution is -2.08. The molecular weight excluding hydrogens is 302 g/mol. The summed E-state index contributed by atoms with van der Waals surface area (Å²) in [5.41, 5.74) is 1.55. The second-order valence-electron chi connectivity index (χ2n) is 7.71. The van der Waals surface area contributed by atoms with E-state index in [1.54, 1.807) is 5.57 Å². The summed E-state index contributed by atoms with van der Waals surface area (Å²) >= 11 is 0. The van der Waals surface area contributed by atoms with E-state index in [9.17, 15) is 0 Å². The van der Waals surface area contributed by atoms with E-state index in [-0.39, 0.29) is 0 Å². The van der Waals surface area contributed by atoms with Crippen LogP contribution in [0.1, 0.15) is 117 Å². The van der Waals surface area contributed by atoms with Crippen molar-refractivity contribution in [3.05, 3.63) is 36.2 Å². The Morgan fingerprint density at radius 1 is 0.760 bits per heavy atom. The maximum Gasteiger partial charge on any atom is 0.0537 e. The first-order chi connectivity index (χ1) is 12.3. The van der Waals surface area contributed by atoms with Crippen LogP contribution in [0, 0.1) is 0 Å². The summed E-state index contributed by atoms with van der Waals surface area (Å²) in [6, 6.07) is 4.88. The SMILES string of the molecule is CCCC=C(C)C(CCCCCCCCCCCCC)n1cccc1. The van der Waals surface area contributed by atoms with Crippen LogP contribution >= 0.6 is 0 Å². The van der Waals surface area contributed by atoms with Gasteiger partial charge >= 0.3 is 0 Å². The van der Waals surface area contributed by atoms with Crippen LogP contribution in [0.3, 0.4) is 0 Å². The highest BCUT2D eigenvalue weighted by atomic mass is 15.0. The Balaban J connectivity index is 2.14. The zero-order chi connectivity index (χ0) is 18.2.